The second-order valence-electron chi connectivity index (χ2n) is 6.05. The van der Waals surface area contributed by atoms with E-state index in [1.165, 1.54) is 12.1 Å². The van der Waals surface area contributed by atoms with Crippen LogP contribution in [0.15, 0.2) is 22.7 Å². The third-order valence-electron chi connectivity index (χ3n) is 4.36. The van der Waals surface area contributed by atoms with E-state index in [9.17, 15) is 9.18 Å². The molecule has 1 aromatic heterocycles. The molecule has 2 fully saturated rings. The summed E-state index contributed by atoms with van der Waals surface area (Å²) in [5, 5.41) is 4.13. The minimum atomic E-state index is -0.463. The molecule has 0 radical (unpaired) electrons. The van der Waals surface area contributed by atoms with Crippen molar-refractivity contribution >= 4 is 17.5 Å². The lowest BCUT2D eigenvalue weighted by Gasteiger charge is -2.22. The fourth-order valence-corrected chi connectivity index (χ4v) is 3.22. The smallest absolute Gasteiger partial charge is 0.256 e. The average Bonchev–Trinajstić information content (AvgIpc) is 3.07. The minimum Gasteiger partial charge on any atom is -0.337 e. The van der Waals surface area contributed by atoms with Gasteiger partial charge in [0.05, 0.1) is 10.6 Å². The Morgan fingerprint density at radius 3 is 2.91 bits per heavy atom. The summed E-state index contributed by atoms with van der Waals surface area (Å²) in [5.74, 6) is 0.930. The van der Waals surface area contributed by atoms with Crippen molar-refractivity contribution < 1.29 is 13.7 Å². The maximum Gasteiger partial charge on any atom is 0.256 e. The number of hydrogen-bond donors (Lipinski definition) is 0. The number of aromatic nitrogens is 2. The Morgan fingerprint density at radius 1 is 1.35 bits per heavy atom. The van der Waals surface area contributed by atoms with Crippen molar-refractivity contribution in [3.63, 3.8) is 0 Å². The summed E-state index contributed by atoms with van der Waals surface area (Å²) in [6.07, 6.45) is 3.82. The number of carbonyl (C=O) groups is 1. The Bertz CT molecular complexity index is 760. The van der Waals surface area contributed by atoms with E-state index in [0.29, 0.717) is 23.9 Å². The van der Waals surface area contributed by atoms with Crippen molar-refractivity contribution in [1.29, 1.82) is 0 Å². The highest BCUT2D eigenvalue weighted by atomic mass is 35.5. The van der Waals surface area contributed by atoms with Gasteiger partial charge < -0.3 is 9.42 Å². The van der Waals surface area contributed by atoms with Crippen molar-refractivity contribution in [2.75, 3.05) is 6.54 Å². The Hall–Kier alpha value is -1.95. The first-order valence-electron chi connectivity index (χ1n) is 7.73. The zero-order valence-corrected chi connectivity index (χ0v) is 13.1. The molecule has 5 nitrogen and oxygen atoms in total. The van der Waals surface area contributed by atoms with Gasteiger partial charge in [0.25, 0.3) is 5.91 Å². The third kappa shape index (κ3) is 2.72. The summed E-state index contributed by atoms with van der Waals surface area (Å²) in [6, 6.07) is 3.57. The molecule has 0 spiro atoms. The summed E-state index contributed by atoms with van der Waals surface area (Å²) in [6.45, 7) is 0.596. The molecular weight excluding hydrogens is 321 g/mol. The van der Waals surface area contributed by atoms with Crippen LogP contribution in [-0.2, 0) is 0 Å². The van der Waals surface area contributed by atoms with Crippen LogP contribution in [0.2, 0.25) is 5.02 Å². The lowest BCUT2D eigenvalue weighted by Crippen LogP contribution is -2.31. The van der Waals surface area contributed by atoms with Crippen molar-refractivity contribution in [3.8, 4) is 0 Å². The van der Waals surface area contributed by atoms with Gasteiger partial charge in [0.2, 0.25) is 5.89 Å². The van der Waals surface area contributed by atoms with Crippen LogP contribution in [0.5, 0.6) is 0 Å². The molecule has 23 heavy (non-hydrogen) atoms. The largest absolute Gasteiger partial charge is 0.337 e. The van der Waals surface area contributed by atoms with Crippen molar-refractivity contribution in [3.05, 3.63) is 46.3 Å². The molecule has 1 saturated heterocycles. The molecule has 1 amide bonds. The maximum atomic E-state index is 13.2. The quantitative estimate of drug-likeness (QED) is 0.857. The summed E-state index contributed by atoms with van der Waals surface area (Å²) < 4.78 is 18.5. The number of halogens is 2. The number of likely N-dealkylation sites (tertiary alicyclic amines) is 1. The molecule has 1 saturated carbocycles. The number of amides is 1. The van der Waals surface area contributed by atoms with Gasteiger partial charge in [-0.15, -0.1) is 0 Å². The van der Waals surface area contributed by atoms with Crippen LogP contribution in [0.3, 0.4) is 0 Å². The third-order valence-corrected chi connectivity index (χ3v) is 4.67. The highest BCUT2D eigenvalue weighted by Crippen LogP contribution is 2.40. The van der Waals surface area contributed by atoms with Gasteiger partial charge in [0.15, 0.2) is 5.82 Å². The minimum absolute atomic E-state index is 0.116. The summed E-state index contributed by atoms with van der Waals surface area (Å²) in [7, 11) is 0. The maximum absolute atomic E-state index is 13.2. The fraction of sp³-hybridized carbons (Fsp3) is 0.438. The van der Waals surface area contributed by atoms with Crippen LogP contribution < -0.4 is 0 Å². The molecule has 7 heteroatoms. The number of rotatable bonds is 3. The number of benzene rings is 1. The second kappa shape index (κ2) is 5.60. The molecule has 0 N–H and O–H groups in total. The first-order chi connectivity index (χ1) is 11.1. The van der Waals surface area contributed by atoms with E-state index in [4.69, 9.17) is 16.1 Å². The average molecular weight is 336 g/mol. The predicted octanol–water partition coefficient (Wildman–Crippen LogP) is 3.72. The highest BCUT2D eigenvalue weighted by molar-refractivity contribution is 6.33. The normalized spacial score (nSPS) is 21.0. The van der Waals surface area contributed by atoms with Crippen LogP contribution in [-0.4, -0.2) is 27.5 Å². The fourth-order valence-electron chi connectivity index (χ4n) is 2.97. The zero-order valence-electron chi connectivity index (χ0n) is 12.3. The van der Waals surface area contributed by atoms with Gasteiger partial charge in [-0.3, -0.25) is 4.79 Å². The molecule has 0 bridgehead atoms. The van der Waals surface area contributed by atoms with Crippen LogP contribution in [0.25, 0.3) is 0 Å². The standard InChI is InChI=1S/C16H15ClFN3O2/c17-12-8-10(18)5-6-11(12)16(22)21-7-1-2-13(21)15-19-14(20-23-15)9-3-4-9/h5-6,8-9,13H,1-4,7H2. The summed E-state index contributed by atoms with van der Waals surface area (Å²) in [5.41, 5.74) is 0.293. The van der Waals surface area contributed by atoms with E-state index >= 15 is 0 Å². The van der Waals surface area contributed by atoms with Crippen LogP contribution >= 0.6 is 11.6 Å². The van der Waals surface area contributed by atoms with Gasteiger partial charge >= 0.3 is 0 Å². The molecule has 1 atom stereocenters. The molecule has 2 aromatic rings. The Balaban J connectivity index is 1.59. The number of nitrogens with zero attached hydrogens (tertiary/aromatic N) is 3. The van der Waals surface area contributed by atoms with Crippen LogP contribution in [0, 0.1) is 5.82 Å². The topological polar surface area (TPSA) is 59.2 Å². The molecule has 120 valence electrons. The Morgan fingerprint density at radius 2 is 2.17 bits per heavy atom. The molecule has 1 aliphatic carbocycles. The van der Waals surface area contributed by atoms with Crippen molar-refractivity contribution in [2.24, 2.45) is 0 Å². The SMILES string of the molecule is O=C(c1ccc(F)cc1Cl)N1CCCC1c1nc(C2CC2)no1. The monoisotopic (exact) mass is 335 g/mol. The van der Waals surface area contributed by atoms with Crippen LogP contribution in [0.4, 0.5) is 4.39 Å². The van der Waals surface area contributed by atoms with Gasteiger partial charge in [-0.05, 0) is 43.9 Å². The van der Waals surface area contributed by atoms with E-state index in [1.54, 1.807) is 4.90 Å². The molecule has 1 unspecified atom stereocenters. The number of carbonyl (C=O) groups excluding carboxylic acids is 1. The zero-order chi connectivity index (χ0) is 16.0. The van der Waals surface area contributed by atoms with Gasteiger partial charge in [-0.25, -0.2) is 4.39 Å². The van der Waals surface area contributed by atoms with Crippen LogP contribution in [0.1, 0.15) is 59.7 Å². The molecule has 2 heterocycles. The van der Waals surface area contributed by atoms with E-state index in [1.807, 2.05) is 0 Å². The van der Waals surface area contributed by atoms with E-state index in [-0.39, 0.29) is 17.0 Å². The van der Waals surface area contributed by atoms with Gasteiger partial charge in [0.1, 0.15) is 11.9 Å². The van der Waals surface area contributed by atoms with E-state index in [2.05, 4.69) is 10.1 Å². The van der Waals surface area contributed by atoms with E-state index in [0.717, 1.165) is 37.6 Å². The second-order valence-corrected chi connectivity index (χ2v) is 6.45. The van der Waals surface area contributed by atoms with Gasteiger partial charge in [0, 0.05) is 12.5 Å². The number of hydrogen-bond acceptors (Lipinski definition) is 4. The van der Waals surface area contributed by atoms with E-state index < -0.39 is 5.82 Å². The Labute approximate surface area is 137 Å². The van der Waals surface area contributed by atoms with Crippen molar-refractivity contribution in [1.82, 2.24) is 15.0 Å². The molecular formula is C16H15ClFN3O2. The first kappa shape index (κ1) is 14.6. The molecule has 1 aliphatic heterocycles. The predicted molar refractivity (Wildman–Crippen MR) is 80.7 cm³/mol. The molecule has 4 rings (SSSR count). The lowest BCUT2D eigenvalue weighted by molar-refractivity contribution is 0.0710. The Kier molecular flexibility index (Phi) is 3.56. The van der Waals surface area contributed by atoms with Gasteiger partial charge in [-0.2, -0.15) is 4.98 Å². The highest BCUT2D eigenvalue weighted by Gasteiger charge is 2.37. The lowest BCUT2D eigenvalue weighted by atomic mass is 10.1. The summed E-state index contributed by atoms with van der Waals surface area (Å²) in [4.78, 5) is 18.9. The first-order valence-corrected chi connectivity index (χ1v) is 8.11. The molecule has 1 aromatic carbocycles. The molecule has 2 aliphatic rings. The summed E-state index contributed by atoms with van der Waals surface area (Å²) >= 11 is 6.01. The van der Waals surface area contributed by atoms with Crippen molar-refractivity contribution in [2.45, 2.75) is 37.6 Å². The van der Waals surface area contributed by atoms with Gasteiger partial charge in [-0.1, -0.05) is 16.8 Å².